The fourth-order valence-electron chi connectivity index (χ4n) is 2.45. The van der Waals surface area contributed by atoms with Crippen LogP contribution in [0, 0.1) is 0 Å². The van der Waals surface area contributed by atoms with E-state index in [0.29, 0.717) is 31.3 Å². The largest absolute Gasteiger partial charge is 0.487 e. The molecule has 0 aliphatic rings. The van der Waals surface area contributed by atoms with E-state index < -0.39 is 18.4 Å². The molecule has 0 radical (unpaired) electrons. The Bertz CT molecular complexity index is 885. The van der Waals surface area contributed by atoms with Crippen LogP contribution in [0.2, 0.25) is 5.02 Å². The summed E-state index contributed by atoms with van der Waals surface area (Å²) in [5.41, 5.74) is 2.12. The molecule has 1 amide bonds. The SMILES string of the molecule is CCC(C)Nc1cc(Cl)cc(COc2c(Br)cc(C(=O)NCC(=O)O)cc2Br)c1. The first-order valence-electron chi connectivity index (χ1n) is 8.87. The Balaban J connectivity index is 2.13. The Labute approximate surface area is 191 Å². The maximum Gasteiger partial charge on any atom is 0.322 e. The van der Waals surface area contributed by atoms with E-state index in [0.717, 1.165) is 17.7 Å². The smallest absolute Gasteiger partial charge is 0.322 e. The molecule has 1 unspecified atom stereocenters. The molecular formula is C20H21Br2ClN2O4. The summed E-state index contributed by atoms with van der Waals surface area (Å²) in [6.45, 7) is 4.03. The standard InChI is InChI=1S/C20H21Br2ClN2O4/c1-3-11(2)25-15-5-12(4-14(23)8-15)10-29-19-16(21)6-13(7-17(19)22)20(28)24-9-18(26)27/h4-8,11,25H,3,9-10H2,1-2H3,(H,24,28)(H,26,27). The number of benzene rings is 2. The molecule has 2 rings (SSSR count). The van der Waals surface area contributed by atoms with Gasteiger partial charge in [-0.15, -0.1) is 0 Å². The number of carboxylic acids is 1. The Morgan fingerprint density at radius 3 is 2.41 bits per heavy atom. The third kappa shape index (κ3) is 7.21. The molecule has 3 N–H and O–H groups in total. The van der Waals surface area contributed by atoms with Gasteiger partial charge in [0.2, 0.25) is 0 Å². The maximum atomic E-state index is 12.1. The van der Waals surface area contributed by atoms with Crippen molar-refractivity contribution in [2.75, 3.05) is 11.9 Å². The second kappa shape index (κ2) is 10.8. The van der Waals surface area contributed by atoms with Gasteiger partial charge in [-0.25, -0.2) is 0 Å². The number of aliphatic carboxylic acids is 1. The van der Waals surface area contributed by atoms with E-state index in [4.69, 9.17) is 21.4 Å². The number of anilines is 1. The quantitative estimate of drug-likeness (QED) is 0.387. The van der Waals surface area contributed by atoms with Gasteiger partial charge in [-0.1, -0.05) is 18.5 Å². The van der Waals surface area contributed by atoms with E-state index in [2.05, 4.69) is 56.3 Å². The van der Waals surface area contributed by atoms with Crippen molar-refractivity contribution in [3.8, 4) is 5.75 Å². The predicted molar refractivity (Wildman–Crippen MR) is 121 cm³/mol. The number of carbonyl (C=O) groups is 2. The number of carboxylic acid groups (broad SMARTS) is 1. The van der Waals surface area contributed by atoms with Crippen LogP contribution < -0.4 is 15.4 Å². The number of ether oxygens (including phenoxy) is 1. The van der Waals surface area contributed by atoms with Crippen LogP contribution in [0.3, 0.4) is 0 Å². The van der Waals surface area contributed by atoms with Crippen LogP contribution in [0.5, 0.6) is 5.75 Å². The molecule has 0 aliphatic carbocycles. The van der Waals surface area contributed by atoms with Gasteiger partial charge in [0, 0.05) is 22.3 Å². The van der Waals surface area contributed by atoms with Gasteiger partial charge >= 0.3 is 5.97 Å². The van der Waals surface area contributed by atoms with Crippen molar-refractivity contribution < 1.29 is 19.4 Å². The zero-order valence-electron chi connectivity index (χ0n) is 15.9. The molecule has 9 heteroatoms. The van der Waals surface area contributed by atoms with Crippen LogP contribution >= 0.6 is 43.5 Å². The molecule has 0 aliphatic heterocycles. The fraction of sp³-hybridized carbons (Fsp3) is 0.300. The average molecular weight is 549 g/mol. The predicted octanol–water partition coefficient (Wildman–Crippen LogP) is 5.47. The monoisotopic (exact) mass is 546 g/mol. The Kier molecular flexibility index (Phi) is 8.79. The average Bonchev–Trinajstić information content (AvgIpc) is 2.64. The van der Waals surface area contributed by atoms with Crippen molar-refractivity contribution >= 4 is 61.0 Å². The van der Waals surface area contributed by atoms with Gasteiger partial charge in [0.05, 0.1) is 8.95 Å². The van der Waals surface area contributed by atoms with E-state index in [1.165, 1.54) is 0 Å². The molecule has 0 saturated heterocycles. The van der Waals surface area contributed by atoms with Crippen molar-refractivity contribution in [3.63, 3.8) is 0 Å². The highest BCUT2D eigenvalue weighted by Gasteiger charge is 2.15. The lowest BCUT2D eigenvalue weighted by Crippen LogP contribution is -2.29. The minimum Gasteiger partial charge on any atom is -0.487 e. The van der Waals surface area contributed by atoms with Crippen LogP contribution in [0.25, 0.3) is 0 Å². The van der Waals surface area contributed by atoms with Crippen LogP contribution in [-0.2, 0) is 11.4 Å². The second-order valence-corrected chi connectivity index (χ2v) is 8.58. The van der Waals surface area contributed by atoms with Crippen LogP contribution in [-0.4, -0.2) is 29.6 Å². The Morgan fingerprint density at radius 2 is 1.83 bits per heavy atom. The molecule has 2 aromatic rings. The summed E-state index contributed by atoms with van der Waals surface area (Å²) >= 11 is 13.0. The normalized spacial score (nSPS) is 11.6. The maximum absolute atomic E-state index is 12.1. The van der Waals surface area contributed by atoms with Crippen LogP contribution in [0.4, 0.5) is 5.69 Å². The first-order chi connectivity index (χ1) is 13.7. The van der Waals surface area contributed by atoms with E-state index in [1.54, 1.807) is 12.1 Å². The third-order valence-electron chi connectivity index (χ3n) is 4.03. The highest BCUT2D eigenvalue weighted by atomic mass is 79.9. The van der Waals surface area contributed by atoms with Gasteiger partial charge < -0.3 is 20.5 Å². The highest BCUT2D eigenvalue weighted by Crippen LogP contribution is 2.35. The topological polar surface area (TPSA) is 87.7 Å². The zero-order valence-corrected chi connectivity index (χ0v) is 19.8. The molecule has 6 nitrogen and oxygen atoms in total. The summed E-state index contributed by atoms with van der Waals surface area (Å²) in [4.78, 5) is 22.7. The lowest BCUT2D eigenvalue weighted by Gasteiger charge is -2.16. The van der Waals surface area contributed by atoms with Crippen molar-refractivity contribution in [1.82, 2.24) is 5.32 Å². The number of amides is 1. The summed E-state index contributed by atoms with van der Waals surface area (Å²) in [6, 6.07) is 9.15. The molecule has 2 aromatic carbocycles. The Morgan fingerprint density at radius 1 is 1.17 bits per heavy atom. The second-order valence-electron chi connectivity index (χ2n) is 6.44. The van der Waals surface area contributed by atoms with E-state index in [1.807, 2.05) is 18.2 Å². The Hall–Kier alpha value is -1.77. The number of carbonyl (C=O) groups excluding carboxylic acids is 1. The molecule has 0 heterocycles. The summed E-state index contributed by atoms with van der Waals surface area (Å²) in [7, 11) is 0. The number of rotatable bonds is 9. The lowest BCUT2D eigenvalue weighted by molar-refractivity contribution is -0.135. The molecule has 0 saturated carbocycles. The van der Waals surface area contributed by atoms with Gasteiger partial charge in [-0.05, 0) is 81.1 Å². The van der Waals surface area contributed by atoms with Gasteiger partial charge in [0.15, 0.2) is 0 Å². The molecule has 1 atom stereocenters. The van der Waals surface area contributed by atoms with Crippen molar-refractivity contribution in [2.45, 2.75) is 32.9 Å². The minimum absolute atomic E-state index is 0.275. The van der Waals surface area contributed by atoms with Crippen LogP contribution in [0.1, 0.15) is 36.2 Å². The van der Waals surface area contributed by atoms with E-state index in [9.17, 15) is 9.59 Å². The highest BCUT2D eigenvalue weighted by molar-refractivity contribution is 9.11. The third-order valence-corrected chi connectivity index (χ3v) is 5.42. The fourth-order valence-corrected chi connectivity index (χ4v) is 4.12. The first-order valence-corrected chi connectivity index (χ1v) is 10.8. The van der Waals surface area contributed by atoms with Gasteiger partial charge in [0.25, 0.3) is 5.91 Å². The molecule has 29 heavy (non-hydrogen) atoms. The minimum atomic E-state index is -1.11. The number of hydrogen-bond acceptors (Lipinski definition) is 4. The molecule has 0 fully saturated rings. The first kappa shape index (κ1) is 23.5. The lowest BCUT2D eigenvalue weighted by atomic mass is 10.1. The molecule has 156 valence electrons. The van der Waals surface area contributed by atoms with Crippen molar-refractivity contribution in [3.05, 3.63) is 55.4 Å². The summed E-state index contributed by atoms with van der Waals surface area (Å²) in [5.74, 6) is -1.08. The summed E-state index contributed by atoms with van der Waals surface area (Å²) in [6.07, 6.45) is 0.991. The van der Waals surface area contributed by atoms with Gasteiger partial charge in [-0.3, -0.25) is 9.59 Å². The molecule has 0 aromatic heterocycles. The van der Waals surface area contributed by atoms with E-state index in [-0.39, 0.29) is 6.61 Å². The van der Waals surface area contributed by atoms with Crippen molar-refractivity contribution in [1.29, 1.82) is 0 Å². The van der Waals surface area contributed by atoms with Crippen molar-refractivity contribution in [2.24, 2.45) is 0 Å². The number of nitrogens with one attached hydrogen (secondary N) is 2. The van der Waals surface area contributed by atoms with Gasteiger partial charge in [0.1, 0.15) is 18.9 Å². The molecule has 0 spiro atoms. The molecule has 0 bridgehead atoms. The van der Waals surface area contributed by atoms with E-state index >= 15 is 0 Å². The number of halogens is 3. The zero-order chi connectivity index (χ0) is 21.6. The van der Waals surface area contributed by atoms with Crippen LogP contribution in [0.15, 0.2) is 39.3 Å². The molecular weight excluding hydrogens is 527 g/mol. The summed E-state index contributed by atoms with van der Waals surface area (Å²) in [5, 5.41) is 15.0. The summed E-state index contributed by atoms with van der Waals surface area (Å²) < 4.78 is 7.05. The van der Waals surface area contributed by atoms with Gasteiger partial charge in [-0.2, -0.15) is 0 Å². The number of hydrogen-bond donors (Lipinski definition) is 3.